The molecule has 1 rings (SSSR count). The molecule has 0 spiro atoms. The van der Waals surface area contributed by atoms with Gasteiger partial charge in [0.1, 0.15) is 17.0 Å². The van der Waals surface area contributed by atoms with Gasteiger partial charge in [-0.1, -0.05) is 26.0 Å². The van der Waals surface area contributed by atoms with Crippen molar-refractivity contribution in [2.45, 2.75) is 38.1 Å². The molecule has 1 aromatic carbocycles. The summed E-state index contributed by atoms with van der Waals surface area (Å²) in [5, 5.41) is 18.2. The van der Waals surface area contributed by atoms with Crippen LogP contribution in [0.2, 0.25) is 0 Å². The van der Waals surface area contributed by atoms with E-state index in [0.29, 0.717) is 5.56 Å². The molecule has 1 aromatic rings. The Kier molecular flexibility index (Phi) is 5.47. The third-order valence-corrected chi connectivity index (χ3v) is 4.45. The number of rotatable bonds is 6. The first-order valence-corrected chi connectivity index (χ1v) is 7.92. The summed E-state index contributed by atoms with van der Waals surface area (Å²) < 4.78 is 26.8. The highest BCUT2D eigenvalue weighted by atomic mass is 32.2. The molecule has 0 aromatic heterocycles. The minimum atomic E-state index is -4.07. The van der Waals surface area contributed by atoms with Gasteiger partial charge in [0.15, 0.2) is 0 Å². The zero-order valence-corrected chi connectivity index (χ0v) is 12.9. The van der Waals surface area contributed by atoms with Crippen LogP contribution in [0.25, 0.3) is 0 Å². The maximum atomic E-state index is 12.3. The van der Waals surface area contributed by atoms with E-state index in [2.05, 4.69) is 4.72 Å². The molecule has 0 unspecified atom stereocenters. The van der Waals surface area contributed by atoms with Crippen LogP contribution in [0, 0.1) is 24.2 Å². The van der Waals surface area contributed by atoms with Gasteiger partial charge in [-0.25, -0.2) is 8.42 Å². The minimum absolute atomic E-state index is 0.0155. The third-order valence-electron chi connectivity index (χ3n) is 2.94. The van der Waals surface area contributed by atoms with E-state index in [9.17, 15) is 13.2 Å². The largest absolute Gasteiger partial charge is 0.480 e. The van der Waals surface area contributed by atoms with Crippen LogP contribution in [0.5, 0.6) is 0 Å². The molecule has 0 aliphatic rings. The normalized spacial score (nSPS) is 12.9. The Morgan fingerprint density at radius 2 is 2.05 bits per heavy atom. The van der Waals surface area contributed by atoms with Crippen LogP contribution in [0.3, 0.4) is 0 Å². The second-order valence-electron chi connectivity index (χ2n) is 5.20. The molecule has 0 radical (unpaired) electrons. The van der Waals surface area contributed by atoms with Crippen LogP contribution >= 0.6 is 0 Å². The number of carboxylic acids is 1. The van der Waals surface area contributed by atoms with Crippen LogP contribution in [0.4, 0.5) is 0 Å². The summed E-state index contributed by atoms with van der Waals surface area (Å²) in [7, 11) is -4.07. The molecule has 1 atom stereocenters. The number of aryl methyl sites for hydroxylation is 1. The maximum Gasteiger partial charge on any atom is 0.321 e. The molecule has 0 aliphatic heterocycles. The van der Waals surface area contributed by atoms with Crippen LogP contribution in [0.15, 0.2) is 23.1 Å². The van der Waals surface area contributed by atoms with E-state index in [1.165, 1.54) is 12.1 Å². The number of aliphatic carboxylic acids is 1. The summed E-state index contributed by atoms with van der Waals surface area (Å²) in [5.74, 6) is -1.22. The van der Waals surface area contributed by atoms with E-state index in [1.54, 1.807) is 26.8 Å². The average Bonchev–Trinajstić information content (AvgIpc) is 2.36. The Balaban J connectivity index is 3.21. The van der Waals surface area contributed by atoms with E-state index in [0.717, 1.165) is 0 Å². The second kappa shape index (κ2) is 6.70. The van der Waals surface area contributed by atoms with Crippen molar-refractivity contribution in [2.24, 2.45) is 5.92 Å². The van der Waals surface area contributed by atoms with Gasteiger partial charge in [0.25, 0.3) is 0 Å². The lowest BCUT2D eigenvalue weighted by atomic mass is 10.1. The minimum Gasteiger partial charge on any atom is -0.480 e. The van der Waals surface area contributed by atoms with Crippen molar-refractivity contribution in [3.8, 4) is 6.07 Å². The molecule has 6 nitrogen and oxygen atoms in total. The van der Waals surface area contributed by atoms with Gasteiger partial charge in [0.05, 0.1) is 5.56 Å². The van der Waals surface area contributed by atoms with E-state index >= 15 is 0 Å². The summed E-state index contributed by atoms with van der Waals surface area (Å²) in [6.45, 7) is 5.23. The molecule has 0 fully saturated rings. The number of nitrogens with one attached hydrogen (secondary N) is 1. The van der Waals surface area contributed by atoms with E-state index in [1.807, 2.05) is 6.07 Å². The first kappa shape index (κ1) is 17.1. The van der Waals surface area contributed by atoms with Gasteiger partial charge in [-0.15, -0.1) is 0 Å². The smallest absolute Gasteiger partial charge is 0.321 e. The highest BCUT2D eigenvalue weighted by molar-refractivity contribution is 7.89. The van der Waals surface area contributed by atoms with Crippen molar-refractivity contribution in [3.05, 3.63) is 29.3 Å². The molecule has 2 N–H and O–H groups in total. The van der Waals surface area contributed by atoms with E-state index in [4.69, 9.17) is 10.4 Å². The fourth-order valence-corrected chi connectivity index (χ4v) is 3.36. The molecule has 0 amide bonds. The topological polar surface area (TPSA) is 107 Å². The Bertz CT molecular complexity index is 675. The number of hydrogen-bond donors (Lipinski definition) is 2. The van der Waals surface area contributed by atoms with Crippen LogP contribution in [-0.2, 0) is 14.8 Å². The average molecular weight is 310 g/mol. The highest BCUT2D eigenvalue weighted by Crippen LogP contribution is 2.19. The number of hydrogen-bond acceptors (Lipinski definition) is 4. The summed E-state index contributed by atoms with van der Waals surface area (Å²) in [6, 6.07) is 5.06. The molecule has 0 saturated heterocycles. The van der Waals surface area contributed by atoms with Gasteiger partial charge in [0.2, 0.25) is 10.0 Å². The van der Waals surface area contributed by atoms with Crippen molar-refractivity contribution in [1.29, 1.82) is 5.26 Å². The summed E-state index contributed by atoms with van der Waals surface area (Å²) in [6.07, 6.45) is 0.169. The van der Waals surface area contributed by atoms with E-state index < -0.39 is 22.0 Å². The quantitative estimate of drug-likeness (QED) is 0.830. The third kappa shape index (κ3) is 4.28. The number of carboxylic acid groups (broad SMARTS) is 1. The Morgan fingerprint density at radius 1 is 1.43 bits per heavy atom. The van der Waals surface area contributed by atoms with Gasteiger partial charge in [0, 0.05) is 0 Å². The number of benzene rings is 1. The van der Waals surface area contributed by atoms with Crippen molar-refractivity contribution >= 4 is 16.0 Å². The fourth-order valence-electron chi connectivity index (χ4n) is 1.93. The maximum absolute atomic E-state index is 12.3. The molecular weight excluding hydrogens is 292 g/mol. The van der Waals surface area contributed by atoms with Crippen molar-refractivity contribution in [1.82, 2.24) is 4.72 Å². The summed E-state index contributed by atoms with van der Waals surface area (Å²) >= 11 is 0. The molecule has 21 heavy (non-hydrogen) atoms. The van der Waals surface area contributed by atoms with Gasteiger partial charge >= 0.3 is 5.97 Å². The number of nitriles is 1. The molecule has 0 heterocycles. The SMILES string of the molecule is Cc1cccc(S(=O)(=O)N[C@H](CC(C)C)C(=O)O)c1C#N. The predicted octanol–water partition coefficient (Wildman–Crippen LogP) is 1.64. The second-order valence-corrected chi connectivity index (χ2v) is 6.88. The fraction of sp³-hybridized carbons (Fsp3) is 0.429. The van der Waals surface area contributed by atoms with Gasteiger partial charge in [-0.3, -0.25) is 4.79 Å². The van der Waals surface area contributed by atoms with Gasteiger partial charge in [-0.05, 0) is 30.9 Å². The van der Waals surface area contributed by atoms with Crippen LogP contribution in [0.1, 0.15) is 31.4 Å². The molecule has 0 bridgehead atoms. The lowest BCUT2D eigenvalue weighted by Crippen LogP contribution is -2.41. The number of sulfonamides is 1. The molecule has 114 valence electrons. The Morgan fingerprint density at radius 3 is 2.52 bits per heavy atom. The van der Waals surface area contributed by atoms with Crippen molar-refractivity contribution < 1.29 is 18.3 Å². The standard InChI is InChI=1S/C14H18N2O4S/c1-9(2)7-12(14(17)18)16-21(19,20)13-6-4-5-10(3)11(13)8-15/h4-6,9,12,16H,7H2,1-3H3,(H,17,18)/t12-/m1/s1. The lowest BCUT2D eigenvalue weighted by Gasteiger charge is -2.17. The summed E-state index contributed by atoms with van der Waals surface area (Å²) in [5.41, 5.74) is 0.551. The van der Waals surface area contributed by atoms with Crippen molar-refractivity contribution in [2.75, 3.05) is 0 Å². The predicted molar refractivity (Wildman–Crippen MR) is 77.1 cm³/mol. The molecular formula is C14H18N2O4S. The Labute approximate surface area is 124 Å². The first-order valence-electron chi connectivity index (χ1n) is 6.44. The van der Waals surface area contributed by atoms with Crippen LogP contribution < -0.4 is 4.72 Å². The molecule has 7 heteroatoms. The van der Waals surface area contributed by atoms with Gasteiger partial charge in [-0.2, -0.15) is 9.98 Å². The number of carbonyl (C=O) groups is 1. The van der Waals surface area contributed by atoms with Gasteiger partial charge < -0.3 is 5.11 Å². The lowest BCUT2D eigenvalue weighted by molar-refractivity contribution is -0.139. The molecule has 0 saturated carbocycles. The van der Waals surface area contributed by atoms with Crippen LogP contribution in [-0.4, -0.2) is 25.5 Å². The monoisotopic (exact) mass is 310 g/mol. The van der Waals surface area contributed by atoms with Crippen molar-refractivity contribution in [3.63, 3.8) is 0 Å². The highest BCUT2D eigenvalue weighted by Gasteiger charge is 2.28. The number of nitrogens with zero attached hydrogens (tertiary/aromatic N) is 1. The summed E-state index contributed by atoms with van der Waals surface area (Å²) in [4.78, 5) is 11.0. The Hall–Kier alpha value is -1.91. The van der Waals surface area contributed by atoms with E-state index in [-0.39, 0.29) is 22.8 Å². The molecule has 0 aliphatic carbocycles. The zero-order valence-electron chi connectivity index (χ0n) is 12.1. The first-order chi connectivity index (χ1) is 9.69. The zero-order chi connectivity index (χ0) is 16.2.